The van der Waals surface area contributed by atoms with E-state index in [0.29, 0.717) is 0 Å². The molecule has 0 radical (unpaired) electrons. The third-order valence-corrected chi connectivity index (χ3v) is 5.64. The maximum atomic E-state index is 13.9. The molecule has 2 aromatic carbocycles. The van der Waals surface area contributed by atoms with E-state index in [9.17, 15) is 22.4 Å². The fourth-order valence-electron chi connectivity index (χ4n) is 2.57. The van der Waals surface area contributed by atoms with E-state index in [-0.39, 0.29) is 35.1 Å². The first-order valence-corrected chi connectivity index (χ1v) is 10.8. The molecule has 3 aromatic rings. The molecule has 0 saturated carbocycles. The summed E-state index contributed by atoms with van der Waals surface area (Å²) in [7, 11) is -4.26. The number of hydrogen-bond donors (Lipinski definition) is 3. The molecule has 0 aliphatic carbocycles. The highest BCUT2D eigenvalue weighted by atomic mass is 35.5. The van der Waals surface area contributed by atoms with Crippen LogP contribution in [0.2, 0.25) is 5.02 Å². The number of benzene rings is 2. The summed E-state index contributed by atoms with van der Waals surface area (Å²) in [6.45, 7) is 0.0161. The topological polar surface area (TPSA) is 118 Å². The van der Waals surface area contributed by atoms with Crippen LogP contribution in [-0.2, 0) is 14.8 Å². The molecule has 0 unspecified atom stereocenters. The Hall–Kier alpha value is -3.37. The molecule has 0 atom stereocenters. The van der Waals surface area contributed by atoms with Gasteiger partial charge < -0.3 is 15.1 Å². The zero-order chi connectivity index (χ0) is 22.4. The largest absolute Gasteiger partial charge is 0.459 e. The van der Waals surface area contributed by atoms with Crippen LogP contribution in [0, 0.1) is 5.82 Å². The molecular weight excluding hydrogens is 449 g/mol. The second-order valence-electron chi connectivity index (χ2n) is 6.26. The van der Waals surface area contributed by atoms with E-state index in [2.05, 4.69) is 15.4 Å². The van der Waals surface area contributed by atoms with Gasteiger partial charge in [0.25, 0.3) is 15.9 Å². The molecule has 1 heterocycles. The number of amides is 2. The minimum absolute atomic E-state index is 0.000578. The van der Waals surface area contributed by atoms with E-state index in [4.69, 9.17) is 16.0 Å². The van der Waals surface area contributed by atoms with Crippen LogP contribution in [0.15, 0.2) is 70.2 Å². The fraction of sp³-hybridized carbons (Fsp3) is 0.100. The number of sulfonamides is 1. The highest BCUT2D eigenvalue weighted by molar-refractivity contribution is 7.92. The summed E-state index contributed by atoms with van der Waals surface area (Å²) in [6.07, 6.45) is 1.25. The van der Waals surface area contributed by atoms with Crippen molar-refractivity contribution in [2.45, 2.75) is 11.3 Å². The summed E-state index contributed by atoms with van der Waals surface area (Å²) in [5.74, 6) is -1.78. The van der Waals surface area contributed by atoms with Crippen LogP contribution in [0.5, 0.6) is 0 Å². The Kier molecular flexibility index (Phi) is 6.93. The van der Waals surface area contributed by atoms with Crippen molar-refractivity contribution in [1.82, 2.24) is 5.32 Å². The average molecular weight is 466 g/mol. The molecule has 0 spiro atoms. The van der Waals surface area contributed by atoms with Crippen molar-refractivity contribution in [3.63, 3.8) is 0 Å². The summed E-state index contributed by atoms with van der Waals surface area (Å²) in [5.41, 5.74) is 0.0791. The fourth-order valence-corrected chi connectivity index (χ4v) is 3.90. The monoisotopic (exact) mass is 465 g/mol. The molecule has 1 aromatic heterocycles. The van der Waals surface area contributed by atoms with Crippen LogP contribution in [0.3, 0.4) is 0 Å². The number of hydrogen-bond acceptors (Lipinski definition) is 5. The molecule has 0 saturated heterocycles. The van der Waals surface area contributed by atoms with E-state index in [1.165, 1.54) is 42.7 Å². The molecule has 2 amide bonds. The molecule has 0 aliphatic rings. The third-order valence-electron chi connectivity index (χ3n) is 4.01. The van der Waals surface area contributed by atoms with Gasteiger partial charge in [0.2, 0.25) is 5.91 Å². The lowest BCUT2D eigenvalue weighted by Gasteiger charge is -2.14. The zero-order valence-corrected chi connectivity index (χ0v) is 17.5. The summed E-state index contributed by atoms with van der Waals surface area (Å²) in [6, 6.07) is 12.0. The van der Waals surface area contributed by atoms with Crippen LogP contribution in [-0.4, -0.2) is 26.8 Å². The summed E-state index contributed by atoms with van der Waals surface area (Å²) < 4.78 is 46.2. The maximum absolute atomic E-state index is 13.9. The van der Waals surface area contributed by atoms with Gasteiger partial charge in [-0.2, -0.15) is 0 Å². The van der Waals surface area contributed by atoms with Crippen molar-refractivity contribution in [3.05, 3.63) is 77.5 Å². The quantitative estimate of drug-likeness (QED) is 0.469. The summed E-state index contributed by atoms with van der Waals surface area (Å²) in [4.78, 5) is 23.5. The summed E-state index contributed by atoms with van der Waals surface area (Å²) >= 11 is 5.96. The molecule has 162 valence electrons. The van der Waals surface area contributed by atoms with E-state index in [1.807, 2.05) is 0 Å². The highest BCUT2D eigenvalue weighted by Gasteiger charge is 2.20. The van der Waals surface area contributed by atoms with Crippen molar-refractivity contribution in [3.8, 4) is 0 Å². The van der Waals surface area contributed by atoms with Gasteiger partial charge in [0.1, 0.15) is 10.7 Å². The Morgan fingerprint density at radius 1 is 1.03 bits per heavy atom. The minimum Gasteiger partial charge on any atom is -0.459 e. The van der Waals surface area contributed by atoms with E-state index in [1.54, 1.807) is 6.07 Å². The molecule has 3 rings (SSSR count). The number of nitrogens with one attached hydrogen (secondary N) is 3. The van der Waals surface area contributed by atoms with Crippen molar-refractivity contribution < 1.29 is 26.8 Å². The maximum Gasteiger partial charge on any atom is 0.286 e. The molecule has 3 N–H and O–H groups in total. The van der Waals surface area contributed by atoms with Crippen LogP contribution < -0.4 is 15.4 Å². The van der Waals surface area contributed by atoms with Gasteiger partial charge in [0.15, 0.2) is 5.76 Å². The van der Waals surface area contributed by atoms with E-state index in [0.717, 1.165) is 12.1 Å². The predicted octanol–water partition coefficient (Wildman–Crippen LogP) is 3.63. The van der Waals surface area contributed by atoms with Crippen LogP contribution in [0.25, 0.3) is 0 Å². The van der Waals surface area contributed by atoms with Gasteiger partial charge in [0, 0.05) is 18.0 Å². The Morgan fingerprint density at radius 3 is 2.52 bits per heavy atom. The Labute approximate surface area is 182 Å². The molecule has 8 nitrogen and oxygen atoms in total. The summed E-state index contributed by atoms with van der Waals surface area (Å²) in [5, 5.41) is 5.30. The lowest BCUT2D eigenvalue weighted by Crippen LogP contribution is -2.27. The van der Waals surface area contributed by atoms with Gasteiger partial charge in [-0.25, -0.2) is 12.8 Å². The smallest absolute Gasteiger partial charge is 0.286 e. The van der Waals surface area contributed by atoms with Crippen LogP contribution in [0.4, 0.5) is 15.8 Å². The molecule has 11 heteroatoms. The highest BCUT2D eigenvalue weighted by Crippen LogP contribution is 2.28. The first kappa shape index (κ1) is 22.3. The lowest BCUT2D eigenvalue weighted by atomic mass is 10.2. The van der Waals surface area contributed by atoms with Crippen LogP contribution >= 0.6 is 11.6 Å². The average Bonchev–Trinajstić information content (AvgIpc) is 3.25. The van der Waals surface area contributed by atoms with Crippen molar-refractivity contribution >= 4 is 44.8 Å². The molecular formula is C20H17ClFN3O5S. The van der Waals surface area contributed by atoms with Gasteiger partial charge >= 0.3 is 0 Å². The molecule has 0 aliphatic heterocycles. The Balaban J connectivity index is 1.68. The van der Waals surface area contributed by atoms with E-state index < -0.39 is 32.6 Å². The normalized spacial score (nSPS) is 11.0. The predicted molar refractivity (Wildman–Crippen MR) is 113 cm³/mol. The first-order valence-electron chi connectivity index (χ1n) is 8.95. The SMILES string of the molecule is O=C(CCNC(=O)c1ccco1)Nc1cc(Cl)ccc1NS(=O)(=O)c1ccccc1F. The van der Waals surface area contributed by atoms with Gasteiger partial charge in [-0.1, -0.05) is 23.7 Å². The second-order valence-corrected chi connectivity index (χ2v) is 8.34. The van der Waals surface area contributed by atoms with Gasteiger partial charge in [-0.05, 0) is 42.5 Å². The van der Waals surface area contributed by atoms with Gasteiger partial charge in [-0.15, -0.1) is 0 Å². The lowest BCUT2D eigenvalue weighted by molar-refractivity contribution is -0.116. The van der Waals surface area contributed by atoms with Crippen LogP contribution in [0.1, 0.15) is 17.0 Å². The van der Waals surface area contributed by atoms with E-state index >= 15 is 0 Å². The van der Waals surface area contributed by atoms with Gasteiger partial charge in [0.05, 0.1) is 17.6 Å². The Bertz CT molecular complexity index is 1200. The van der Waals surface area contributed by atoms with Crippen molar-refractivity contribution in [1.29, 1.82) is 0 Å². The number of furan rings is 1. The van der Waals surface area contributed by atoms with Crippen molar-refractivity contribution in [2.24, 2.45) is 0 Å². The Morgan fingerprint density at radius 2 is 1.81 bits per heavy atom. The first-order chi connectivity index (χ1) is 14.8. The zero-order valence-electron chi connectivity index (χ0n) is 15.9. The second kappa shape index (κ2) is 9.63. The van der Waals surface area contributed by atoms with Crippen molar-refractivity contribution in [2.75, 3.05) is 16.6 Å². The number of anilines is 2. The standard InChI is InChI=1S/C20H17ClFN3O5S/c21-13-7-8-15(25-31(28,29)18-6-2-1-4-14(18)22)16(12-13)24-19(26)9-10-23-20(27)17-5-3-11-30-17/h1-8,11-12,25H,9-10H2,(H,23,27)(H,24,26). The number of carbonyl (C=O) groups excluding carboxylic acids is 2. The number of carbonyl (C=O) groups is 2. The van der Waals surface area contributed by atoms with Gasteiger partial charge in [-0.3, -0.25) is 14.3 Å². The molecule has 0 bridgehead atoms. The minimum atomic E-state index is -4.26. The molecule has 0 fully saturated rings. The number of halogens is 2. The number of rotatable bonds is 8. The third kappa shape index (κ3) is 5.83. The molecule has 31 heavy (non-hydrogen) atoms.